The number of ether oxygens (including phenoxy) is 7. The molecule has 0 radical (unpaired) electrons. The number of hydrogen-bond donors (Lipinski definition) is 8. The number of carboxylic acid groups (broad SMARTS) is 1. The molecule has 5 rings (SSSR count). The number of oxime groups is 1. The quantitative estimate of drug-likeness (QED) is 0.0358. The average molecular weight is 1240 g/mol. The summed E-state index contributed by atoms with van der Waals surface area (Å²) in [5, 5.41) is 77.3. The van der Waals surface area contributed by atoms with Crippen LogP contribution in [0.2, 0.25) is 0 Å². The molecule has 0 bridgehead atoms. The van der Waals surface area contributed by atoms with E-state index in [1.807, 2.05) is 53.7 Å². The fraction of sp³-hybridized carbons (Fsp3) is 0.767. The van der Waals surface area contributed by atoms with Crippen LogP contribution in [0.25, 0.3) is 10.9 Å². The van der Waals surface area contributed by atoms with Gasteiger partial charge < -0.3 is 84.1 Å². The van der Waals surface area contributed by atoms with E-state index in [1.54, 1.807) is 64.7 Å². The Bertz CT molecular complexity index is 2330. The lowest BCUT2D eigenvalue weighted by molar-refractivity contribution is -0.264. The highest BCUT2D eigenvalue weighted by Gasteiger charge is 2.44. The van der Waals surface area contributed by atoms with Crippen molar-refractivity contribution in [1.29, 1.82) is 0 Å². The van der Waals surface area contributed by atoms with Crippen LogP contribution in [0.1, 0.15) is 137 Å². The number of fused-ring (bicyclic) bond motifs is 1. The summed E-state index contributed by atoms with van der Waals surface area (Å²) in [6, 6.07) is 5.50. The van der Waals surface area contributed by atoms with Gasteiger partial charge in [-0.3, -0.25) is 19.1 Å². The Hall–Kier alpha value is -4.97. The molecule has 0 aliphatic carbocycles. The van der Waals surface area contributed by atoms with Gasteiger partial charge in [0, 0.05) is 85.4 Å². The molecular weight excluding hydrogens is 1130 g/mol. The van der Waals surface area contributed by atoms with Crippen molar-refractivity contribution in [3.63, 3.8) is 0 Å². The van der Waals surface area contributed by atoms with Crippen LogP contribution in [0.3, 0.4) is 0 Å². The van der Waals surface area contributed by atoms with Gasteiger partial charge in [-0.15, -0.1) is 4.48 Å². The molecule has 6 unspecified atom stereocenters. The number of aliphatic hydroxyl groups is 6. The molecule has 1 amide bonds. The molecule has 3 aliphatic heterocycles. The van der Waals surface area contributed by atoms with E-state index in [9.17, 15) is 48.9 Å². The van der Waals surface area contributed by atoms with Crippen LogP contribution >= 0.6 is 0 Å². The number of nitrogens with one attached hydrogen (secondary N) is 1. The number of esters is 2. The molecule has 86 heavy (non-hydrogen) atoms. The van der Waals surface area contributed by atoms with Crippen LogP contribution in [0.5, 0.6) is 0 Å². The fourth-order valence-electron chi connectivity index (χ4n) is 10.3. The molecule has 498 valence electrons. The number of rotatable bonds is 17. The predicted molar refractivity (Wildman–Crippen MR) is 322 cm³/mol. The Morgan fingerprint density at radius 3 is 2.06 bits per heavy atom. The maximum atomic E-state index is 13.5. The van der Waals surface area contributed by atoms with E-state index in [4.69, 9.17) is 48.6 Å². The van der Waals surface area contributed by atoms with Crippen LogP contribution in [0, 0.1) is 29.6 Å². The van der Waals surface area contributed by atoms with E-state index in [0.29, 0.717) is 67.2 Å². The topological polar surface area (TPSA) is 337 Å². The van der Waals surface area contributed by atoms with Gasteiger partial charge in [-0.1, -0.05) is 59.7 Å². The number of aromatic carboxylic acids is 1. The summed E-state index contributed by atoms with van der Waals surface area (Å²) in [5.74, 6) is -4.57. The number of carboxylic acids is 1. The largest absolute Gasteiger partial charge is 0.477 e. The number of methoxy groups -OCH3 is 2. The summed E-state index contributed by atoms with van der Waals surface area (Å²) in [4.78, 5) is 64.3. The highest BCUT2D eigenvalue weighted by atomic mass is 19.2. The molecule has 16 atom stereocenters. The van der Waals surface area contributed by atoms with E-state index in [1.165, 1.54) is 27.4 Å². The van der Waals surface area contributed by atoms with Crippen molar-refractivity contribution in [2.75, 3.05) is 80.9 Å². The number of aryl methyl sites for hydroxylation is 1. The van der Waals surface area contributed by atoms with Gasteiger partial charge in [0.1, 0.15) is 23.9 Å². The predicted octanol–water partition coefficient (Wildman–Crippen LogP) is 4.36. The van der Waals surface area contributed by atoms with Gasteiger partial charge in [-0.05, 0) is 102 Å². The molecule has 1 aromatic carbocycles. The third kappa shape index (κ3) is 27.6. The van der Waals surface area contributed by atoms with Gasteiger partial charge in [-0.25, -0.2) is 9.59 Å². The zero-order chi connectivity index (χ0) is 66.2. The molecule has 0 spiro atoms. The summed E-state index contributed by atoms with van der Waals surface area (Å²) in [6.07, 6.45) is -0.769. The third-order valence-corrected chi connectivity index (χ3v) is 14.4. The molecule has 3 fully saturated rings. The number of nitrogens with zero attached hydrogens (tertiary/aromatic N) is 4. The van der Waals surface area contributed by atoms with E-state index < -0.39 is 96.4 Å². The fourth-order valence-corrected chi connectivity index (χ4v) is 10.3. The SMILES string of the molecule is CC.CC[C@H]1OC(=O)C(C)[C@@H](O[C@H]2CC(C)[C@@H](OC)C(C)O2)[C@H](C)CC(C)(O)C[C@@H](C)/C(=N\OCC(=O)OC)[C@H](C)[C@@H](O)C1O.CN(C)F.CN(C)n1cc(C(=O)O)c(=O)c2cc(CCCOCCNC=O)ccc21.CO.C[C@@H]1CCC(O)[C@H](O)O1. The lowest BCUT2D eigenvalue weighted by Gasteiger charge is -2.42. The van der Waals surface area contributed by atoms with E-state index in [-0.39, 0.29) is 55.0 Å². The van der Waals surface area contributed by atoms with Gasteiger partial charge in [-0.2, -0.15) is 5.12 Å². The number of carbonyl (C=O) groups excluding carboxylic acids is 3. The first-order valence-electron chi connectivity index (χ1n) is 29.5. The molecule has 25 nitrogen and oxygen atoms in total. The first-order valence-corrected chi connectivity index (χ1v) is 29.5. The normalized spacial score (nSPS) is 30.0. The highest BCUT2D eigenvalue weighted by Crippen LogP contribution is 2.36. The second kappa shape index (κ2) is 42.0. The molecule has 3 saturated heterocycles. The maximum absolute atomic E-state index is 13.5. The summed E-state index contributed by atoms with van der Waals surface area (Å²) in [6.45, 7) is 21.5. The molecule has 26 heteroatoms. The Morgan fingerprint density at radius 1 is 0.907 bits per heavy atom. The minimum Gasteiger partial charge on any atom is -0.477 e. The van der Waals surface area contributed by atoms with E-state index >= 15 is 0 Å². The zero-order valence-electron chi connectivity index (χ0n) is 54.1. The van der Waals surface area contributed by atoms with Crippen molar-refractivity contribution < 1.29 is 97.4 Å². The lowest BCUT2D eigenvalue weighted by Crippen LogP contribution is -2.50. The van der Waals surface area contributed by atoms with Gasteiger partial charge in [0.15, 0.2) is 12.6 Å². The minimum absolute atomic E-state index is 0.0843. The first kappa shape index (κ1) is 81.0. The number of halogens is 1. The van der Waals surface area contributed by atoms with Crippen LogP contribution in [0.15, 0.2) is 34.3 Å². The lowest BCUT2D eigenvalue weighted by atomic mass is 9.77. The molecule has 3 aliphatic rings. The Balaban J connectivity index is 0.00000140. The molecule has 2 aromatic rings. The number of carbonyl (C=O) groups is 4. The number of hydrogen-bond acceptors (Lipinski definition) is 22. The molecule has 8 N–H and O–H groups in total. The van der Waals surface area contributed by atoms with Crippen molar-refractivity contribution in [1.82, 2.24) is 15.1 Å². The summed E-state index contributed by atoms with van der Waals surface area (Å²) >= 11 is 0. The monoisotopic (exact) mass is 1240 g/mol. The molecular formula is C60H106FN5O20. The molecule has 4 heterocycles. The number of benzene rings is 1. The van der Waals surface area contributed by atoms with Gasteiger partial charge in [0.25, 0.3) is 0 Å². The number of cyclic esters (lactones) is 1. The first-order chi connectivity index (χ1) is 40.4. The van der Waals surface area contributed by atoms with Gasteiger partial charge in [0.05, 0.1) is 67.0 Å². The number of aliphatic hydroxyl groups excluding tert-OH is 5. The van der Waals surface area contributed by atoms with Crippen molar-refractivity contribution in [2.45, 2.75) is 195 Å². The van der Waals surface area contributed by atoms with Crippen LogP contribution in [-0.2, 0) is 58.8 Å². The Morgan fingerprint density at radius 2 is 1.53 bits per heavy atom. The molecule has 0 saturated carbocycles. The standard InChI is InChI=1S/C31H55NO11.C18H23N3O5.C6H12O3.C2H6FN.C2H6.CH4O/c1-11-22-27(35)26(34)19(5)25(32-40-15-23(33)38-9)17(3)13-31(8,37)14-18(4)28(20(6)30(36)42-22)43-24-12-16(2)29(39-10)21(7)41-24;1-20(2)21-11-15(18(24)25)17(23)14-10-13(5-6-16(14)21)4-3-8-26-9-7-19-12-22;1-4-2-3-5(7)6(8)9-4;1-4(2)3;2*1-2/h16-22,24,26-29,34-35,37H,11-15H2,1-10H3;5-6,10-12H,3-4,7-9H2,1-2H3,(H,19,22)(H,24,25);4-8H,2-3H2,1H3;1-2H3;1-2H3;2H,1H3/b32-25+;;;;;/t16?,17-,18-,19+,20?,21?,22-,24+,26-,27?,28+,29-,31?;;4-,5?,6-;;;/m1.1.../s1. The van der Waals surface area contributed by atoms with Crippen molar-refractivity contribution >= 4 is 40.9 Å². The highest BCUT2D eigenvalue weighted by molar-refractivity contribution is 5.93. The number of pyridine rings is 1. The maximum Gasteiger partial charge on any atom is 0.346 e. The van der Waals surface area contributed by atoms with Crippen molar-refractivity contribution in [3.8, 4) is 0 Å². The second-order valence-corrected chi connectivity index (χ2v) is 22.2. The Labute approximate surface area is 507 Å². The summed E-state index contributed by atoms with van der Waals surface area (Å²) in [5.41, 5.74) is -0.0455. The number of aromatic nitrogens is 1. The Kier molecular flexibility index (Phi) is 39.6. The summed E-state index contributed by atoms with van der Waals surface area (Å²) in [7, 11) is 10.1. The van der Waals surface area contributed by atoms with Crippen LogP contribution in [0.4, 0.5) is 4.48 Å². The third-order valence-electron chi connectivity index (χ3n) is 14.4. The van der Waals surface area contributed by atoms with Crippen LogP contribution in [-0.4, -0.2) is 218 Å². The zero-order valence-corrected chi connectivity index (χ0v) is 54.1. The van der Waals surface area contributed by atoms with Crippen LogP contribution < -0.4 is 15.8 Å². The summed E-state index contributed by atoms with van der Waals surface area (Å²) < 4.78 is 51.4. The second-order valence-electron chi connectivity index (χ2n) is 22.2. The number of amides is 1. The van der Waals surface area contributed by atoms with Crippen molar-refractivity contribution in [3.05, 3.63) is 45.7 Å². The minimum atomic E-state index is -1.44. The van der Waals surface area contributed by atoms with E-state index in [0.717, 1.165) is 25.5 Å². The molecule has 1 aromatic heterocycles. The van der Waals surface area contributed by atoms with Gasteiger partial charge in [0.2, 0.25) is 18.4 Å². The van der Waals surface area contributed by atoms with Crippen molar-refractivity contribution in [2.24, 2.45) is 34.7 Å². The average Bonchev–Trinajstić information content (AvgIpc) is 0.979. The smallest absolute Gasteiger partial charge is 0.346 e. The van der Waals surface area contributed by atoms with E-state index in [2.05, 4.69) is 22.1 Å². The van der Waals surface area contributed by atoms with Gasteiger partial charge >= 0.3 is 17.9 Å².